The van der Waals surface area contributed by atoms with Crippen molar-refractivity contribution in [3.8, 4) is 11.8 Å². The Bertz CT molecular complexity index is 965. The lowest BCUT2D eigenvalue weighted by molar-refractivity contribution is -0.168. The van der Waals surface area contributed by atoms with Gasteiger partial charge in [0.25, 0.3) is 0 Å². The van der Waals surface area contributed by atoms with Crippen LogP contribution >= 0.6 is 0 Å². The Morgan fingerprint density at radius 1 is 1.26 bits per heavy atom. The van der Waals surface area contributed by atoms with E-state index in [2.05, 4.69) is 11.8 Å². The molecule has 0 aromatic heterocycles. The standard InChI is InChI=1S/C21H27F3N2O4S/c1-4-5-6-10-20(2,3)19(26(28)15-27)14-31(29,30)25-11-9-16-12-18(21(22,23)24)8-7-17(16)13-25/h7-8,12,15,19,28H,4,9-11,13-14H2,1-3H3. The van der Waals surface area contributed by atoms with Crippen molar-refractivity contribution in [2.75, 3.05) is 12.3 Å². The monoisotopic (exact) mass is 460 g/mol. The number of fused-ring (bicyclic) bond motifs is 1. The van der Waals surface area contributed by atoms with Crippen molar-refractivity contribution in [1.82, 2.24) is 9.37 Å². The molecule has 1 aliphatic heterocycles. The summed E-state index contributed by atoms with van der Waals surface area (Å²) in [6.07, 6.45) is -3.25. The second kappa shape index (κ2) is 9.59. The summed E-state index contributed by atoms with van der Waals surface area (Å²) in [4.78, 5) is 11.2. The molecule has 172 valence electrons. The van der Waals surface area contributed by atoms with Gasteiger partial charge in [0.15, 0.2) is 0 Å². The van der Waals surface area contributed by atoms with Gasteiger partial charge in [-0.15, -0.1) is 11.8 Å². The molecule has 31 heavy (non-hydrogen) atoms. The van der Waals surface area contributed by atoms with Gasteiger partial charge in [-0.3, -0.25) is 10.0 Å². The molecule has 6 nitrogen and oxygen atoms in total. The lowest BCUT2D eigenvalue weighted by atomic mass is 9.82. The zero-order valence-corrected chi connectivity index (χ0v) is 18.6. The van der Waals surface area contributed by atoms with Crippen LogP contribution in [0.15, 0.2) is 18.2 Å². The van der Waals surface area contributed by atoms with Crippen molar-refractivity contribution in [3.63, 3.8) is 0 Å². The third-order valence-electron chi connectivity index (χ3n) is 5.45. The number of sulfonamides is 1. The first-order valence-electron chi connectivity index (χ1n) is 9.87. The SMILES string of the molecule is CCC#CCC(C)(C)C(CS(=O)(=O)N1CCc2cc(C(F)(F)F)ccc2C1)N(O)C=O. The number of rotatable bonds is 7. The molecule has 0 saturated heterocycles. The van der Waals surface area contributed by atoms with Gasteiger partial charge in [0.1, 0.15) is 0 Å². The van der Waals surface area contributed by atoms with Crippen LogP contribution in [0.3, 0.4) is 0 Å². The lowest BCUT2D eigenvalue weighted by Crippen LogP contribution is -2.50. The lowest BCUT2D eigenvalue weighted by Gasteiger charge is -2.37. The summed E-state index contributed by atoms with van der Waals surface area (Å²) in [5.74, 6) is 5.29. The summed E-state index contributed by atoms with van der Waals surface area (Å²) in [7, 11) is -3.93. The minimum Gasteiger partial charge on any atom is -0.286 e. The summed E-state index contributed by atoms with van der Waals surface area (Å²) in [5.41, 5.74) is -0.618. The number of nitrogens with zero attached hydrogens (tertiary/aromatic N) is 2. The van der Waals surface area contributed by atoms with Gasteiger partial charge in [-0.2, -0.15) is 17.5 Å². The fourth-order valence-electron chi connectivity index (χ4n) is 3.51. The number of carbonyl (C=O) groups excluding carboxylic acids is 1. The molecule has 0 fully saturated rings. The Hall–Kier alpha value is -2.09. The second-order valence-electron chi connectivity index (χ2n) is 8.22. The maximum Gasteiger partial charge on any atom is 0.416 e. The smallest absolute Gasteiger partial charge is 0.286 e. The van der Waals surface area contributed by atoms with E-state index in [0.717, 1.165) is 12.1 Å². The van der Waals surface area contributed by atoms with Gasteiger partial charge in [-0.25, -0.2) is 13.5 Å². The summed E-state index contributed by atoms with van der Waals surface area (Å²) in [6, 6.07) is 2.25. The Morgan fingerprint density at radius 2 is 1.94 bits per heavy atom. The van der Waals surface area contributed by atoms with Crippen molar-refractivity contribution in [2.45, 2.75) is 58.8 Å². The minimum absolute atomic E-state index is 0.0198. The van der Waals surface area contributed by atoms with Gasteiger partial charge < -0.3 is 0 Å². The van der Waals surface area contributed by atoms with Crippen molar-refractivity contribution < 1.29 is 31.6 Å². The summed E-state index contributed by atoms with van der Waals surface area (Å²) < 4.78 is 66.1. The van der Waals surface area contributed by atoms with Crippen molar-refractivity contribution in [2.24, 2.45) is 5.41 Å². The maximum atomic E-state index is 13.1. The molecule has 1 N–H and O–H groups in total. The average molecular weight is 461 g/mol. The molecule has 2 rings (SSSR count). The van der Waals surface area contributed by atoms with Crippen LogP contribution in [-0.2, 0) is 34.0 Å². The zero-order valence-electron chi connectivity index (χ0n) is 17.7. The number of halogens is 3. The van der Waals surface area contributed by atoms with Gasteiger partial charge >= 0.3 is 6.18 Å². The van der Waals surface area contributed by atoms with E-state index in [4.69, 9.17) is 0 Å². The largest absolute Gasteiger partial charge is 0.416 e. The van der Waals surface area contributed by atoms with Gasteiger partial charge in [0, 0.05) is 25.9 Å². The molecular weight excluding hydrogens is 433 g/mol. The van der Waals surface area contributed by atoms with Gasteiger partial charge in [-0.05, 0) is 35.1 Å². The maximum absolute atomic E-state index is 13.1. The van der Waals surface area contributed by atoms with E-state index in [1.54, 1.807) is 13.8 Å². The molecule has 1 aliphatic rings. The molecule has 1 heterocycles. The van der Waals surface area contributed by atoms with Gasteiger partial charge in [0.2, 0.25) is 16.4 Å². The molecule has 1 unspecified atom stereocenters. The van der Waals surface area contributed by atoms with Gasteiger partial charge in [0.05, 0.1) is 17.4 Å². The van der Waals surface area contributed by atoms with Crippen LogP contribution < -0.4 is 0 Å². The number of hydrogen-bond acceptors (Lipinski definition) is 4. The fourth-order valence-corrected chi connectivity index (χ4v) is 5.43. The van der Waals surface area contributed by atoms with E-state index >= 15 is 0 Å². The van der Waals surface area contributed by atoms with Crippen LogP contribution in [0.2, 0.25) is 0 Å². The van der Waals surface area contributed by atoms with Crippen molar-refractivity contribution in [1.29, 1.82) is 0 Å². The first-order chi connectivity index (χ1) is 14.3. The average Bonchev–Trinajstić information content (AvgIpc) is 2.70. The summed E-state index contributed by atoms with van der Waals surface area (Å²) in [6.45, 7) is 5.26. The highest BCUT2D eigenvalue weighted by atomic mass is 32.2. The number of amides is 1. The molecule has 1 amide bonds. The predicted molar refractivity (Wildman–Crippen MR) is 109 cm³/mol. The quantitative estimate of drug-likeness (QED) is 0.293. The molecule has 1 aromatic rings. The van der Waals surface area contributed by atoms with E-state index in [1.165, 1.54) is 10.4 Å². The molecule has 0 spiro atoms. The van der Waals surface area contributed by atoms with Crippen LogP contribution in [0.1, 0.15) is 50.3 Å². The molecule has 0 aliphatic carbocycles. The summed E-state index contributed by atoms with van der Waals surface area (Å²) in [5, 5.41) is 10.4. The molecule has 0 radical (unpaired) electrons. The highest BCUT2D eigenvalue weighted by molar-refractivity contribution is 7.89. The highest BCUT2D eigenvalue weighted by Crippen LogP contribution is 2.34. The number of hydrogen-bond donors (Lipinski definition) is 1. The van der Waals surface area contributed by atoms with Crippen LogP contribution in [0.25, 0.3) is 0 Å². The molecule has 1 aromatic carbocycles. The van der Waals surface area contributed by atoms with E-state index in [0.29, 0.717) is 22.6 Å². The zero-order chi connectivity index (χ0) is 23.4. The Labute approximate surface area is 181 Å². The fraction of sp³-hybridized carbons (Fsp3) is 0.571. The first kappa shape index (κ1) is 25.2. The number of carbonyl (C=O) groups is 1. The highest BCUT2D eigenvalue weighted by Gasteiger charge is 2.40. The number of hydroxylamine groups is 2. The van der Waals surface area contributed by atoms with Crippen LogP contribution in [-0.4, -0.2) is 47.7 Å². The van der Waals surface area contributed by atoms with E-state index < -0.39 is 39.0 Å². The Kier molecular flexibility index (Phi) is 7.79. The van der Waals surface area contributed by atoms with Crippen molar-refractivity contribution in [3.05, 3.63) is 34.9 Å². The summed E-state index contributed by atoms with van der Waals surface area (Å²) >= 11 is 0. The molecule has 0 saturated carbocycles. The number of benzene rings is 1. The van der Waals surface area contributed by atoms with Crippen LogP contribution in [0.5, 0.6) is 0 Å². The number of alkyl halides is 3. The second-order valence-corrected chi connectivity index (χ2v) is 10.2. The Morgan fingerprint density at radius 3 is 2.52 bits per heavy atom. The third kappa shape index (κ3) is 6.21. The molecule has 0 bridgehead atoms. The van der Waals surface area contributed by atoms with E-state index in [9.17, 15) is 31.6 Å². The predicted octanol–water partition coefficient (Wildman–Crippen LogP) is 3.44. The van der Waals surface area contributed by atoms with E-state index in [1.807, 2.05) is 6.92 Å². The molecular formula is C21H27F3N2O4S. The Balaban J connectivity index is 2.24. The first-order valence-corrected chi connectivity index (χ1v) is 11.5. The third-order valence-corrected chi connectivity index (χ3v) is 7.28. The molecule has 1 atom stereocenters. The van der Waals surface area contributed by atoms with Crippen molar-refractivity contribution >= 4 is 16.4 Å². The molecule has 10 heteroatoms. The minimum atomic E-state index is -4.46. The van der Waals surface area contributed by atoms with Crippen LogP contribution in [0.4, 0.5) is 13.2 Å². The van der Waals surface area contributed by atoms with Crippen LogP contribution in [0, 0.1) is 17.3 Å². The van der Waals surface area contributed by atoms with E-state index in [-0.39, 0.29) is 32.3 Å². The topological polar surface area (TPSA) is 77.9 Å². The van der Waals surface area contributed by atoms with Gasteiger partial charge in [-0.1, -0.05) is 26.8 Å². The normalized spacial score (nSPS) is 16.1.